The van der Waals surface area contributed by atoms with Crippen molar-refractivity contribution in [3.05, 3.63) is 47.3 Å². The second-order valence-electron chi connectivity index (χ2n) is 5.83. The summed E-state index contributed by atoms with van der Waals surface area (Å²) in [5.74, 6) is -0.440. The first-order chi connectivity index (χ1) is 12.5. The van der Waals surface area contributed by atoms with Crippen molar-refractivity contribution in [2.45, 2.75) is 26.3 Å². The standard InChI is InChI=1S/C17H19N7O2/c1-2-12-15(16(18)21-17(19)20-12)13-9-24(23-22-13)8-11-5-3-10(4-6-11)7-14(25)26/h3-6,9H,2,7-8H2,1H3,(H,25,26)(H4,18,19,20,21). The van der Waals surface area contributed by atoms with E-state index in [1.165, 1.54) is 0 Å². The van der Waals surface area contributed by atoms with Gasteiger partial charge in [-0.05, 0) is 17.5 Å². The number of aryl methyl sites for hydroxylation is 1. The first-order valence-electron chi connectivity index (χ1n) is 8.08. The van der Waals surface area contributed by atoms with Crippen LogP contribution in [0.15, 0.2) is 30.5 Å². The molecule has 9 nitrogen and oxygen atoms in total. The van der Waals surface area contributed by atoms with Gasteiger partial charge in [-0.1, -0.05) is 36.4 Å². The number of nitrogens with two attached hydrogens (primary N) is 2. The quantitative estimate of drug-likeness (QED) is 0.598. The van der Waals surface area contributed by atoms with Crippen LogP contribution < -0.4 is 11.5 Å². The number of carboxylic acid groups (broad SMARTS) is 1. The summed E-state index contributed by atoms with van der Waals surface area (Å²) in [5, 5.41) is 17.1. The Balaban J connectivity index is 1.82. The van der Waals surface area contributed by atoms with E-state index in [1.807, 2.05) is 19.1 Å². The lowest BCUT2D eigenvalue weighted by molar-refractivity contribution is -0.136. The molecule has 0 radical (unpaired) electrons. The molecular formula is C17H19N7O2. The Morgan fingerprint density at radius 1 is 1.15 bits per heavy atom. The minimum absolute atomic E-state index is 0.00393. The molecule has 2 heterocycles. The SMILES string of the molecule is CCc1nc(N)nc(N)c1-c1cn(Cc2ccc(CC(=O)O)cc2)nn1. The predicted molar refractivity (Wildman–Crippen MR) is 96.1 cm³/mol. The average Bonchev–Trinajstić information content (AvgIpc) is 3.03. The monoisotopic (exact) mass is 353 g/mol. The van der Waals surface area contributed by atoms with Gasteiger partial charge in [0, 0.05) is 0 Å². The first-order valence-corrected chi connectivity index (χ1v) is 8.08. The third-order valence-corrected chi connectivity index (χ3v) is 3.88. The molecule has 0 unspecified atom stereocenters. The zero-order valence-corrected chi connectivity index (χ0v) is 14.3. The molecule has 0 aliphatic rings. The van der Waals surface area contributed by atoms with Gasteiger partial charge in [-0.3, -0.25) is 4.79 Å². The van der Waals surface area contributed by atoms with E-state index >= 15 is 0 Å². The molecule has 26 heavy (non-hydrogen) atoms. The summed E-state index contributed by atoms with van der Waals surface area (Å²) in [5.41, 5.74) is 15.3. The highest BCUT2D eigenvalue weighted by molar-refractivity contribution is 5.73. The number of carboxylic acids is 1. The summed E-state index contributed by atoms with van der Waals surface area (Å²) in [6, 6.07) is 7.33. The van der Waals surface area contributed by atoms with Crippen LogP contribution in [0.4, 0.5) is 11.8 Å². The van der Waals surface area contributed by atoms with E-state index in [0.29, 0.717) is 24.2 Å². The van der Waals surface area contributed by atoms with Crippen LogP contribution in [-0.2, 0) is 24.2 Å². The highest BCUT2D eigenvalue weighted by Gasteiger charge is 2.15. The molecule has 0 saturated carbocycles. The number of anilines is 2. The van der Waals surface area contributed by atoms with E-state index in [9.17, 15) is 4.79 Å². The van der Waals surface area contributed by atoms with E-state index in [-0.39, 0.29) is 18.2 Å². The zero-order chi connectivity index (χ0) is 18.7. The number of carbonyl (C=O) groups is 1. The number of aliphatic carboxylic acids is 1. The van der Waals surface area contributed by atoms with E-state index in [4.69, 9.17) is 16.6 Å². The molecule has 3 aromatic rings. The predicted octanol–water partition coefficient (Wildman–Crippen LogP) is 1.14. The van der Waals surface area contributed by atoms with Gasteiger partial charge in [0.15, 0.2) is 0 Å². The Kier molecular flexibility index (Phi) is 4.78. The summed E-state index contributed by atoms with van der Waals surface area (Å²) in [7, 11) is 0. The minimum Gasteiger partial charge on any atom is -0.481 e. The van der Waals surface area contributed by atoms with E-state index in [2.05, 4.69) is 20.3 Å². The van der Waals surface area contributed by atoms with Crippen molar-refractivity contribution in [3.63, 3.8) is 0 Å². The lowest BCUT2D eigenvalue weighted by Crippen LogP contribution is -2.06. The van der Waals surface area contributed by atoms with Crippen molar-refractivity contribution in [3.8, 4) is 11.3 Å². The van der Waals surface area contributed by atoms with E-state index < -0.39 is 5.97 Å². The van der Waals surface area contributed by atoms with Gasteiger partial charge in [0.25, 0.3) is 0 Å². The highest BCUT2D eigenvalue weighted by Crippen LogP contribution is 2.26. The summed E-state index contributed by atoms with van der Waals surface area (Å²) in [6.07, 6.45) is 2.42. The fraction of sp³-hybridized carbons (Fsp3) is 0.235. The largest absolute Gasteiger partial charge is 0.481 e. The van der Waals surface area contributed by atoms with Crippen LogP contribution in [-0.4, -0.2) is 36.0 Å². The topological polar surface area (TPSA) is 146 Å². The number of aromatic nitrogens is 5. The molecule has 0 aliphatic carbocycles. The van der Waals surface area contributed by atoms with Crippen molar-refractivity contribution in [1.29, 1.82) is 0 Å². The van der Waals surface area contributed by atoms with Crippen LogP contribution in [0.5, 0.6) is 0 Å². The van der Waals surface area contributed by atoms with Crippen molar-refractivity contribution in [2.75, 3.05) is 11.5 Å². The van der Waals surface area contributed by atoms with E-state index in [0.717, 1.165) is 16.8 Å². The summed E-state index contributed by atoms with van der Waals surface area (Å²) >= 11 is 0. The fourth-order valence-electron chi connectivity index (χ4n) is 2.70. The van der Waals surface area contributed by atoms with Crippen LogP contribution in [0.25, 0.3) is 11.3 Å². The van der Waals surface area contributed by atoms with Gasteiger partial charge >= 0.3 is 5.97 Å². The number of nitrogen functional groups attached to an aromatic ring is 2. The van der Waals surface area contributed by atoms with Gasteiger partial charge in [0.2, 0.25) is 5.95 Å². The number of rotatable bonds is 6. The van der Waals surface area contributed by atoms with Crippen LogP contribution in [0, 0.1) is 0 Å². The van der Waals surface area contributed by atoms with Crippen LogP contribution >= 0.6 is 0 Å². The Hall–Kier alpha value is -3.49. The number of hydrogen-bond donors (Lipinski definition) is 3. The second kappa shape index (κ2) is 7.18. The molecule has 0 bridgehead atoms. The van der Waals surface area contributed by atoms with Gasteiger partial charge < -0.3 is 16.6 Å². The lowest BCUT2D eigenvalue weighted by atomic mass is 10.1. The molecule has 3 rings (SSSR count). The molecule has 5 N–H and O–H groups in total. The summed E-state index contributed by atoms with van der Waals surface area (Å²) in [6.45, 7) is 2.45. The van der Waals surface area contributed by atoms with Gasteiger partial charge in [0.05, 0.1) is 30.4 Å². The smallest absolute Gasteiger partial charge is 0.307 e. The Morgan fingerprint density at radius 3 is 2.50 bits per heavy atom. The Morgan fingerprint density at radius 2 is 1.85 bits per heavy atom. The summed E-state index contributed by atoms with van der Waals surface area (Å²) < 4.78 is 1.68. The van der Waals surface area contributed by atoms with Gasteiger partial charge in [-0.15, -0.1) is 5.10 Å². The molecule has 0 amide bonds. The highest BCUT2D eigenvalue weighted by atomic mass is 16.4. The third kappa shape index (κ3) is 3.77. The van der Waals surface area contributed by atoms with Crippen LogP contribution in [0.2, 0.25) is 0 Å². The molecule has 0 fully saturated rings. The van der Waals surface area contributed by atoms with Crippen molar-refractivity contribution in [1.82, 2.24) is 25.0 Å². The molecule has 0 atom stereocenters. The molecular weight excluding hydrogens is 334 g/mol. The number of hydrogen-bond acceptors (Lipinski definition) is 7. The molecule has 2 aromatic heterocycles. The maximum atomic E-state index is 10.7. The van der Waals surface area contributed by atoms with Gasteiger partial charge in [-0.2, -0.15) is 4.98 Å². The van der Waals surface area contributed by atoms with Gasteiger partial charge in [0.1, 0.15) is 11.5 Å². The van der Waals surface area contributed by atoms with Crippen molar-refractivity contribution >= 4 is 17.7 Å². The second-order valence-corrected chi connectivity index (χ2v) is 5.83. The first kappa shape index (κ1) is 17.3. The maximum Gasteiger partial charge on any atom is 0.307 e. The van der Waals surface area contributed by atoms with E-state index in [1.54, 1.807) is 23.0 Å². The lowest BCUT2D eigenvalue weighted by Gasteiger charge is -2.07. The maximum absolute atomic E-state index is 10.7. The Labute approximate surface area is 149 Å². The summed E-state index contributed by atoms with van der Waals surface area (Å²) in [4.78, 5) is 19.0. The fourth-order valence-corrected chi connectivity index (χ4v) is 2.70. The average molecular weight is 353 g/mol. The number of nitrogens with zero attached hydrogens (tertiary/aromatic N) is 5. The number of benzene rings is 1. The van der Waals surface area contributed by atoms with Crippen molar-refractivity contribution < 1.29 is 9.90 Å². The molecule has 0 saturated heterocycles. The zero-order valence-electron chi connectivity index (χ0n) is 14.3. The van der Waals surface area contributed by atoms with Crippen molar-refractivity contribution in [2.24, 2.45) is 0 Å². The van der Waals surface area contributed by atoms with Crippen LogP contribution in [0.3, 0.4) is 0 Å². The molecule has 0 spiro atoms. The van der Waals surface area contributed by atoms with Gasteiger partial charge in [-0.25, -0.2) is 9.67 Å². The minimum atomic E-state index is -0.853. The molecule has 9 heteroatoms. The third-order valence-electron chi connectivity index (χ3n) is 3.88. The normalized spacial score (nSPS) is 10.8. The van der Waals surface area contributed by atoms with Crippen LogP contribution in [0.1, 0.15) is 23.7 Å². The molecule has 0 aliphatic heterocycles. The molecule has 134 valence electrons. The molecule has 1 aromatic carbocycles. The Bertz CT molecular complexity index is 935.